The Labute approximate surface area is 197 Å². The average molecular weight is 608 g/mol. The summed E-state index contributed by atoms with van der Waals surface area (Å²) in [7, 11) is 3.26. The van der Waals surface area contributed by atoms with Crippen LogP contribution in [0.2, 0.25) is 0 Å². The molecule has 0 fully saturated rings. The Kier molecular flexibility index (Phi) is 7.14. The van der Waals surface area contributed by atoms with E-state index in [0.29, 0.717) is 6.61 Å². The molecule has 29 heavy (non-hydrogen) atoms. The zero-order chi connectivity index (χ0) is 21.0. The molecule has 0 bridgehead atoms. The number of carbonyl (C=O) groups is 1. The van der Waals surface area contributed by atoms with Crippen LogP contribution in [0.5, 0.6) is 5.75 Å². The minimum Gasteiger partial charge on any atom is -0.487 e. The van der Waals surface area contributed by atoms with Crippen LogP contribution in [-0.2, 0) is 11.4 Å². The highest BCUT2D eigenvalue weighted by molar-refractivity contribution is 14.1. The van der Waals surface area contributed by atoms with Crippen LogP contribution in [-0.4, -0.2) is 24.9 Å². The maximum Gasteiger partial charge on any atom is 0.264 e. The Morgan fingerprint density at radius 3 is 2.41 bits per heavy atom. The minimum absolute atomic E-state index is 0.103. The van der Waals surface area contributed by atoms with Crippen molar-refractivity contribution in [1.82, 2.24) is 4.90 Å². The molecule has 6 heteroatoms. The largest absolute Gasteiger partial charge is 0.487 e. The molecule has 0 heterocycles. The van der Waals surface area contributed by atoms with Gasteiger partial charge in [-0.15, -0.1) is 0 Å². The molecule has 0 aliphatic rings. The molecule has 0 aliphatic heterocycles. The van der Waals surface area contributed by atoms with Gasteiger partial charge >= 0.3 is 0 Å². The summed E-state index contributed by atoms with van der Waals surface area (Å²) in [5.74, 6) is 0.488. The number of rotatable bonds is 5. The second-order valence-electron chi connectivity index (χ2n) is 6.61. The molecule has 0 saturated carbocycles. The van der Waals surface area contributed by atoms with E-state index in [2.05, 4.69) is 69.4 Å². The van der Waals surface area contributed by atoms with Gasteiger partial charge in [0.1, 0.15) is 24.0 Å². The number of nitriles is 1. The third-order valence-corrected chi connectivity index (χ3v) is 5.94. The van der Waals surface area contributed by atoms with Crippen LogP contribution in [0, 0.1) is 18.5 Å². The molecule has 1 amide bonds. The second-order valence-corrected chi connectivity index (χ2v) is 8.93. The Bertz CT molecular complexity index is 1120. The molecule has 0 atom stereocenters. The molecule has 3 rings (SSSR count). The molecule has 3 aromatic carbocycles. The number of fused-ring (bicyclic) bond motifs is 1. The first-order valence-electron chi connectivity index (χ1n) is 8.82. The molecule has 0 radical (unpaired) electrons. The summed E-state index contributed by atoms with van der Waals surface area (Å²) < 4.78 is 8.01. The van der Waals surface area contributed by atoms with Crippen LogP contribution in [0.1, 0.15) is 11.1 Å². The SMILES string of the molecule is CN(C)C(=O)/C(C#N)=C\c1cc(I)c(OCc2cccc3ccccc23)c(I)c1. The van der Waals surface area contributed by atoms with Crippen molar-refractivity contribution in [2.75, 3.05) is 14.1 Å². The number of halogens is 2. The molecule has 0 aromatic heterocycles. The van der Waals surface area contributed by atoms with Crippen LogP contribution in [0.3, 0.4) is 0 Å². The predicted molar refractivity (Wildman–Crippen MR) is 132 cm³/mol. The number of benzene rings is 3. The van der Waals surface area contributed by atoms with Gasteiger partial charge in [0.05, 0.1) is 7.14 Å². The molecular weight excluding hydrogens is 590 g/mol. The van der Waals surface area contributed by atoms with Crippen LogP contribution in [0.4, 0.5) is 0 Å². The standard InChI is InChI=1S/C23H18I2N2O2/c1-27(2)23(28)18(13-26)10-15-11-20(24)22(21(25)12-15)29-14-17-8-5-7-16-6-3-4-9-19(16)17/h3-12H,14H2,1-2H3/b18-10-. The monoisotopic (exact) mass is 608 g/mol. The van der Waals surface area contributed by atoms with Gasteiger partial charge in [-0.05, 0) is 85.3 Å². The predicted octanol–water partition coefficient (Wildman–Crippen LogP) is 5.62. The zero-order valence-electron chi connectivity index (χ0n) is 15.9. The van der Waals surface area contributed by atoms with Gasteiger partial charge in [0.25, 0.3) is 5.91 Å². The normalized spacial score (nSPS) is 11.2. The fourth-order valence-corrected chi connectivity index (χ4v) is 5.05. The summed E-state index contributed by atoms with van der Waals surface area (Å²) in [6.45, 7) is 0.463. The van der Waals surface area contributed by atoms with Gasteiger partial charge in [-0.2, -0.15) is 5.26 Å². The number of hydrogen-bond donors (Lipinski definition) is 0. The summed E-state index contributed by atoms with van der Waals surface area (Å²) in [6, 6.07) is 20.3. The molecule has 0 unspecified atom stereocenters. The molecular formula is C23H18I2N2O2. The van der Waals surface area contributed by atoms with E-state index in [-0.39, 0.29) is 11.5 Å². The number of ether oxygens (including phenoxy) is 1. The van der Waals surface area contributed by atoms with Crippen LogP contribution in [0.25, 0.3) is 16.8 Å². The Balaban J connectivity index is 1.86. The van der Waals surface area contributed by atoms with E-state index >= 15 is 0 Å². The maximum atomic E-state index is 12.1. The van der Waals surface area contributed by atoms with Crippen molar-refractivity contribution in [2.45, 2.75) is 6.61 Å². The molecule has 0 N–H and O–H groups in total. The van der Waals surface area contributed by atoms with Gasteiger partial charge in [-0.25, -0.2) is 0 Å². The highest BCUT2D eigenvalue weighted by atomic mass is 127. The van der Waals surface area contributed by atoms with Crippen LogP contribution >= 0.6 is 45.2 Å². The van der Waals surface area contributed by atoms with Crippen molar-refractivity contribution >= 4 is 67.9 Å². The minimum atomic E-state index is -0.311. The summed E-state index contributed by atoms with van der Waals surface area (Å²) >= 11 is 4.45. The Morgan fingerprint density at radius 1 is 1.10 bits per heavy atom. The van der Waals surface area contributed by atoms with E-state index < -0.39 is 0 Å². The summed E-state index contributed by atoms with van der Waals surface area (Å²) in [5, 5.41) is 11.7. The third kappa shape index (κ3) is 5.08. The van der Waals surface area contributed by atoms with Crippen LogP contribution in [0.15, 0.2) is 60.2 Å². The molecule has 146 valence electrons. The van der Waals surface area contributed by atoms with Crippen molar-refractivity contribution in [3.8, 4) is 11.8 Å². The number of amides is 1. The second kappa shape index (κ2) is 9.59. The number of hydrogen-bond acceptors (Lipinski definition) is 3. The number of carbonyl (C=O) groups excluding carboxylic acids is 1. The molecule has 0 spiro atoms. The zero-order valence-corrected chi connectivity index (χ0v) is 20.3. The number of nitrogens with zero attached hydrogens (tertiary/aromatic N) is 2. The van der Waals surface area contributed by atoms with E-state index in [1.807, 2.05) is 36.4 Å². The van der Waals surface area contributed by atoms with E-state index in [1.165, 1.54) is 15.7 Å². The van der Waals surface area contributed by atoms with Gasteiger partial charge in [0.15, 0.2) is 0 Å². The Morgan fingerprint density at radius 2 is 1.76 bits per heavy atom. The fraction of sp³-hybridized carbons (Fsp3) is 0.130. The van der Waals surface area contributed by atoms with Gasteiger partial charge in [0.2, 0.25) is 0 Å². The van der Waals surface area contributed by atoms with Gasteiger partial charge < -0.3 is 9.64 Å². The van der Waals surface area contributed by atoms with E-state index in [9.17, 15) is 10.1 Å². The molecule has 4 nitrogen and oxygen atoms in total. The number of likely N-dealkylation sites (N-methyl/N-ethyl adjacent to an activating group) is 1. The van der Waals surface area contributed by atoms with Crippen molar-refractivity contribution < 1.29 is 9.53 Å². The lowest BCUT2D eigenvalue weighted by molar-refractivity contribution is -0.124. The van der Waals surface area contributed by atoms with Crippen molar-refractivity contribution in [1.29, 1.82) is 5.26 Å². The Hall–Kier alpha value is -2.12. The molecule has 0 aliphatic carbocycles. The van der Waals surface area contributed by atoms with Gasteiger partial charge in [0, 0.05) is 14.1 Å². The van der Waals surface area contributed by atoms with Crippen molar-refractivity contribution in [2.24, 2.45) is 0 Å². The summed E-state index contributed by atoms with van der Waals surface area (Å²) in [5.41, 5.74) is 2.02. The first kappa shape index (κ1) is 21.6. The fourth-order valence-electron chi connectivity index (χ4n) is 2.92. The lowest BCUT2D eigenvalue weighted by Crippen LogP contribution is -2.22. The lowest BCUT2D eigenvalue weighted by atomic mass is 10.1. The topological polar surface area (TPSA) is 53.3 Å². The summed E-state index contributed by atoms with van der Waals surface area (Å²) in [6.07, 6.45) is 1.61. The first-order chi connectivity index (χ1) is 13.9. The average Bonchev–Trinajstić information content (AvgIpc) is 2.71. The summed E-state index contributed by atoms with van der Waals surface area (Å²) in [4.78, 5) is 13.5. The van der Waals surface area contributed by atoms with E-state index in [0.717, 1.165) is 24.0 Å². The lowest BCUT2D eigenvalue weighted by Gasteiger charge is -2.13. The smallest absolute Gasteiger partial charge is 0.264 e. The molecule has 3 aromatic rings. The maximum absolute atomic E-state index is 12.1. The van der Waals surface area contributed by atoms with Crippen molar-refractivity contribution in [3.05, 3.63) is 78.4 Å². The van der Waals surface area contributed by atoms with E-state index in [4.69, 9.17) is 4.74 Å². The highest BCUT2D eigenvalue weighted by Crippen LogP contribution is 2.31. The third-order valence-electron chi connectivity index (χ3n) is 4.34. The van der Waals surface area contributed by atoms with Crippen molar-refractivity contribution in [3.63, 3.8) is 0 Å². The molecule has 0 saturated heterocycles. The first-order valence-corrected chi connectivity index (χ1v) is 11.0. The quantitative estimate of drug-likeness (QED) is 0.215. The highest BCUT2D eigenvalue weighted by Gasteiger charge is 2.14. The van der Waals surface area contributed by atoms with E-state index in [1.54, 1.807) is 20.2 Å². The van der Waals surface area contributed by atoms with Gasteiger partial charge in [-0.3, -0.25) is 4.79 Å². The van der Waals surface area contributed by atoms with Gasteiger partial charge in [-0.1, -0.05) is 42.5 Å². The van der Waals surface area contributed by atoms with Crippen LogP contribution < -0.4 is 4.74 Å².